The van der Waals surface area contributed by atoms with E-state index >= 15 is 0 Å². The number of rotatable bonds is 3. The fourth-order valence-corrected chi connectivity index (χ4v) is 1.85. The summed E-state index contributed by atoms with van der Waals surface area (Å²) in [6.45, 7) is 3.95. The van der Waals surface area contributed by atoms with Gasteiger partial charge in [-0.3, -0.25) is 9.13 Å². The van der Waals surface area contributed by atoms with Crippen LogP contribution in [0.1, 0.15) is 25.5 Å². The molecular formula is C14H15N3O. The zero-order chi connectivity index (χ0) is 13.1. The van der Waals surface area contributed by atoms with E-state index in [1.165, 1.54) is 0 Å². The molecule has 0 aliphatic rings. The third kappa shape index (κ3) is 2.21. The minimum Gasteiger partial charge on any atom is -0.296 e. The van der Waals surface area contributed by atoms with Crippen LogP contribution in [-0.2, 0) is 6.42 Å². The molecule has 0 radical (unpaired) electrons. The Kier molecular flexibility index (Phi) is 3.33. The summed E-state index contributed by atoms with van der Waals surface area (Å²) in [5, 5.41) is 8.61. The number of hydrogen-bond donors (Lipinski definition) is 0. The average Bonchev–Trinajstić information content (AvgIpc) is 2.73. The monoisotopic (exact) mass is 241 g/mol. The van der Waals surface area contributed by atoms with E-state index in [1.807, 2.05) is 38.1 Å². The van der Waals surface area contributed by atoms with Crippen LogP contribution in [0.25, 0.3) is 5.69 Å². The van der Waals surface area contributed by atoms with Crippen LogP contribution >= 0.6 is 0 Å². The van der Waals surface area contributed by atoms with E-state index in [1.54, 1.807) is 21.5 Å². The number of aromatic nitrogens is 2. The summed E-state index contributed by atoms with van der Waals surface area (Å²) in [6, 6.07) is 9.72. The van der Waals surface area contributed by atoms with E-state index in [0.717, 1.165) is 11.3 Å². The summed E-state index contributed by atoms with van der Waals surface area (Å²) < 4.78 is 3.29. The second-order valence-electron chi connectivity index (χ2n) is 4.45. The van der Waals surface area contributed by atoms with E-state index in [4.69, 9.17) is 5.26 Å². The van der Waals surface area contributed by atoms with Gasteiger partial charge < -0.3 is 0 Å². The van der Waals surface area contributed by atoms with Crippen molar-refractivity contribution in [2.75, 3.05) is 0 Å². The van der Waals surface area contributed by atoms with Gasteiger partial charge in [0, 0.05) is 18.4 Å². The first-order chi connectivity index (χ1) is 8.63. The Hall–Kier alpha value is -2.28. The van der Waals surface area contributed by atoms with Crippen molar-refractivity contribution < 1.29 is 0 Å². The van der Waals surface area contributed by atoms with Crippen LogP contribution < -0.4 is 5.69 Å². The Bertz CT molecular complexity index is 626. The molecular weight excluding hydrogens is 226 g/mol. The Morgan fingerprint density at radius 1 is 1.22 bits per heavy atom. The summed E-state index contributed by atoms with van der Waals surface area (Å²) in [6.07, 6.45) is 3.94. The van der Waals surface area contributed by atoms with Gasteiger partial charge in [-0.2, -0.15) is 5.26 Å². The van der Waals surface area contributed by atoms with Gasteiger partial charge in [-0.25, -0.2) is 4.79 Å². The van der Waals surface area contributed by atoms with Gasteiger partial charge in [0.2, 0.25) is 0 Å². The zero-order valence-corrected chi connectivity index (χ0v) is 10.5. The maximum absolute atomic E-state index is 12.1. The number of benzene rings is 1. The molecule has 92 valence electrons. The lowest BCUT2D eigenvalue weighted by Crippen LogP contribution is -2.24. The van der Waals surface area contributed by atoms with Crippen LogP contribution in [-0.4, -0.2) is 9.13 Å². The molecule has 4 heteroatoms. The molecule has 0 aliphatic carbocycles. The summed E-state index contributed by atoms with van der Waals surface area (Å²) in [7, 11) is 0. The molecule has 1 aromatic heterocycles. The molecule has 18 heavy (non-hydrogen) atoms. The SMILES string of the molecule is CC(C)n1ccn(-c2ccc(CC#N)cc2)c1=O. The third-order valence-electron chi connectivity index (χ3n) is 2.86. The lowest BCUT2D eigenvalue weighted by molar-refractivity contribution is 0.574. The highest BCUT2D eigenvalue weighted by atomic mass is 16.1. The fraction of sp³-hybridized carbons (Fsp3) is 0.286. The quantitative estimate of drug-likeness (QED) is 0.827. The molecule has 0 spiro atoms. The number of nitrogens with zero attached hydrogens (tertiary/aromatic N) is 3. The van der Waals surface area contributed by atoms with Crippen LogP contribution in [0.2, 0.25) is 0 Å². The predicted octanol–water partition coefficient (Wildman–Crippen LogP) is 2.29. The molecule has 1 heterocycles. The van der Waals surface area contributed by atoms with Crippen LogP contribution in [0.5, 0.6) is 0 Å². The van der Waals surface area contributed by atoms with Gasteiger partial charge in [-0.1, -0.05) is 12.1 Å². The summed E-state index contributed by atoms with van der Waals surface area (Å²) in [5.74, 6) is 0. The van der Waals surface area contributed by atoms with Crippen molar-refractivity contribution in [2.45, 2.75) is 26.3 Å². The van der Waals surface area contributed by atoms with Crippen molar-refractivity contribution >= 4 is 0 Å². The molecule has 4 nitrogen and oxygen atoms in total. The van der Waals surface area contributed by atoms with Crippen LogP contribution in [0.3, 0.4) is 0 Å². The van der Waals surface area contributed by atoms with Crippen molar-refractivity contribution in [2.24, 2.45) is 0 Å². The first-order valence-electron chi connectivity index (χ1n) is 5.89. The van der Waals surface area contributed by atoms with E-state index < -0.39 is 0 Å². The molecule has 0 unspecified atom stereocenters. The molecule has 2 aromatic rings. The number of nitriles is 1. The summed E-state index contributed by atoms with van der Waals surface area (Å²) in [4.78, 5) is 12.1. The number of imidazole rings is 1. The first-order valence-corrected chi connectivity index (χ1v) is 5.89. The Morgan fingerprint density at radius 2 is 1.89 bits per heavy atom. The van der Waals surface area contributed by atoms with E-state index in [9.17, 15) is 4.79 Å². The van der Waals surface area contributed by atoms with Gasteiger partial charge in [-0.05, 0) is 31.5 Å². The lowest BCUT2D eigenvalue weighted by Gasteiger charge is -2.05. The molecule has 2 rings (SSSR count). The molecule has 0 N–H and O–H groups in total. The highest BCUT2D eigenvalue weighted by molar-refractivity contribution is 5.35. The average molecular weight is 241 g/mol. The van der Waals surface area contributed by atoms with Crippen molar-refractivity contribution in [3.8, 4) is 11.8 Å². The van der Waals surface area contributed by atoms with Gasteiger partial charge in [-0.15, -0.1) is 0 Å². The molecule has 0 saturated carbocycles. The topological polar surface area (TPSA) is 50.7 Å². The molecule has 0 aliphatic heterocycles. The van der Waals surface area contributed by atoms with E-state index in [0.29, 0.717) is 6.42 Å². The van der Waals surface area contributed by atoms with Gasteiger partial charge in [0.05, 0.1) is 18.2 Å². The molecule has 0 saturated heterocycles. The van der Waals surface area contributed by atoms with E-state index in [-0.39, 0.29) is 11.7 Å². The number of hydrogen-bond acceptors (Lipinski definition) is 2. The highest BCUT2D eigenvalue weighted by Gasteiger charge is 2.07. The summed E-state index contributed by atoms with van der Waals surface area (Å²) >= 11 is 0. The van der Waals surface area contributed by atoms with E-state index in [2.05, 4.69) is 6.07 Å². The second kappa shape index (κ2) is 4.92. The molecule has 1 aromatic carbocycles. The highest BCUT2D eigenvalue weighted by Crippen LogP contribution is 2.09. The van der Waals surface area contributed by atoms with Gasteiger partial charge in [0.1, 0.15) is 0 Å². The fourth-order valence-electron chi connectivity index (χ4n) is 1.85. The van der Waals surface area contributed by atoms with Crippen molar-refractivity contribution in [1.29, 1.82) is 5.26 Å². The van der Waals surface area contributed by atoms with Gasteiger partial charge in [0.25, 0.3) is 0 Å². The van der Waals surface area contributed by atoms with Crippen molar-refractivity contribution in [3.05, 3.63) is 52.7 Å². The zero-order valence-electron chi connectivity index (χ0n) is 10.5. The molecule has 0 fully saturated rings. The molecule has 0 bridgehead atoms. The van der Waals surface area contributed by atoms with Crippen LogP contribution in [0, 0.1) is 11.3 Å². The Morgan fingerprint density at radius 3 is 2.39 bits per heavy atom. The standard InChI is InChI=1S/C14H15N3O/c1-11(2)16-9-10-17(14(16)18)13-5-3-12(4-6-13)7-8-15/h3-6,9-11H,7H2,1-2H3. The first kappa shape index (κ1) is 12.2. The van der Waals surface area contributed by atoms with Crippen LogP contribution in [0.15, 0.2) is 41.5 Å². The minimum atomic E-state index is -0.0435. The predicted molar refractivity (Wildman–Crippen MR) is 69.7 cm³/mol. The maximum atomic E-state index is 12.1. The maximum Gasteiger partial charge on any atom is 0.332 e. The Labute approximate surface area is 106 Å². The molecule has 0 atom stereocenters. The normalized spacial score (nSPS) is 10.6. The summed E-state index contributed by atoms with van der Waals surface area (Å²) in [5.41, 5.74) is 1.73. The van der Waals surface area contributed by atoms with Crippen LogP contribution in [0.4, 0.5) is 0 Å². The minimum absolute atomic E-state index is 0.0435. The second-order valence-corrected chi connectivity index (χ2v) is 4.45. The lowest BCUT2D eigenvalue weighted by atomic mass is 10.1. The molecule has 0 amide bonds. The Balaban J connectivity index is 2.38. The third-order valence-corrected chi connectivity index (χ3v) is 2.86. The van der Waals surface area contributed by atoms with Gasteiger partial charge >= 0.3 is 5.69 Å². The van der Waals surface area contributed by atoms with Crippen molar-refractivity contribution in [3.63, 3.8) is 0 Å². The van der Waals surface area contributed by atoms with Crippen molar-refractivity contribution in [1.82, 2.24) is 9.13 Å². The smallest absolute Gasteiger partial charge is 0.296 e. The largest absolute Gasteiger partial charge is 0.332 e. The van der Waals surface area contributed by atoms with Gasteiger partial charge in [0.15, 0.2) is 0 Å².